The monoisotopic (exact) mass is 460 g/mol. The van der Waals surface area contributed by atoms with Crippen molar-refractivity contribution in [1.82, 2.24) is 0 Å². The van der Waals surface area contributed by atoms with Crippen LogP contribution in [-0.4, -0.2) is 54.1 Å². The van der Waals surface area contributed by atoms with E-state index >= 15 is 0 Å². The summed E-state index contributed by atoms with van der Waals surface area (Å²) in [5, 5.41) is 22.2. The number of carbonyl (C=O) groups is 3. The van der Waals surface area contributed by atoms with Crippen LogP contribution < -0.4 is 10.6 Å². The maximum atomic E-state index is 12.1. The van der Waals surface area contributed by atoms with Crippen LogP contribution in [0.5, 0.6) is 0 Å². The SMILES string of the molecule is O=C(Nc1ccc(C(=O)O)c(S(=O)(=O)O)c1)Nc1ccc(C(=O)O)c(S(=O)(=O)O)c1. The van der Waals surface area contributed by atoms with Crippen LogP contribution in [0.1, 0.15) is 20.7 Å². The summed E-state index contributed by atoms with van der Waals surface area (Å²) >= 11 is 0. The minimum absolute atomic E-state index is 0.248. The van der Waals surface area contributed by atoms with Gasteiger partial charge in [0.2, 0.25) is 0 Å². The summed E-state index contributed by atoms with van der Waals surface area (Å²) in [5.41, 5.74) is -1.99. The molecule has 30 heavy (non-hydrogen) atoms. The van der Waals surface area contributed by atoms with Crippen molar-refractivity contribution in [2.45, 2.75) is 9.79 Å². The molecule has 0 fully saturated rings. The molecular formula is C15H12N2O11S2. The molecule has 2 aromatic rings. The van der Waals surface area contributed by atoms with Crippen molar-refractivity contribution in [1.29, 1.82) is 0 Å². The molecule has 0 unspecified atom stereocenters. The Kier molecular flexibility index (Phi) is 6.12. The molecule has 0 spiro atoms. The van der Waals surface area contributed by atoms with E-state index in [1.807, 2.05) is 0 Å². The van der Waals surface area contributed by atoms with Gasteiger partial charge in [0.1, 0.15) is 9.79 Å². The molecule has 0 atom stereocenters. The first-order valence-electron chi connectivity index (χ1n) is 7.48. The second kappa shape index (κ2) is 8.07. The fourth-order valence-electron chi connectivity index (χ4n) is 2.27. The van der Waals surface area contributed by atoms with Crippen molar-refractivity contribution in [3.05, 3.63) is 47.5 Å². The van der Waals surface area contributed by atoms with E-state index in [0.717, 1.165) is 24.3 Å². The molecule has 2 rings (SSSR count). The zero-order chi connectivity index (χ0) is 22.9. The Morgan fingerprint density at radius 1 is 0.667 bits per heavy atom. The third-order valence-electron chi connectivity index (χ3n) is 3.50. The predicted octanol–water partition coefficient (Wildman–Crippen LogP) is 1.22. The molecule has 2 amide bonds. The molecule has 0 aliphatic carbocycles. The molecule has 13 nitrogen and oxygen atoms in total. The van der Waals surface area contributed by atoms with Crippen molar-refractivity contribution < 1.29 is 50.5 Å². The van der Waals surface area contributed by atoms with Crippen LogP contribution in [0.2, 0.25) is 0 Å². The van der Waals surface area contributed by atoms with Crippen LogP contribution in [0.15, 0.2) is 46.2 Å². The topological polar surface area (TPSA) is 224 Å². The van der Waals surface area contributed by atoms with Crippen LogP contribution in [0.3, 0.4) is 0 Å². The summed E-state index contributed by atoms with van der Waals surface area (Å²) in [4.78, 5) is 32.2. The number of amides is 2. The Labute approximate surface area is 168 Å². The molecule has 0 saturated heterocycles. The number of carboxylic acids is 2. The van der Waals surface area contributed by atoms with Crippen molar-refractivity contribution in [3.63, 3.8) is 0 Å². The fraction of sp³-hybridized carbons (Fsp3) is 0. The molecule has 0 saturated carbocycles. The zero-order valence-electron chi connectivity index (χ0n) is 14.4. The lowest BCUT2D eigenvalue weighted by molar-refractivity contribution is 0.0682. The minimum atomic E-state index is -4.93. The average Bonchev–Trinajstić information content (AvgIpc) is 2.59. The molecule has 0 aromatic heterocycles. The van der Waals surface area contributed by atoms with E-state index in [2.05, 4.69) is 10.6 Å². The maximum Gasteiger partial charge on any atom is 0.337 e. The van der Waals surface area contributed by atoms with Gasteiger partial charge in [-0.15, -0.1) is 0 Å². The standard InChI is InChI=1S/C15H12N2O11S2/c18-13(19)9-3-1-7(5-11(9)29(23,24)25)16-15(22)17-8-2-4-10(14(20)21)12(6-8)30(26,27)28/h1-6H,(H,18,19)(H,20,21)(H2,16,17,22)(H,23,24,25)(H,26,27,28). The van der Waals surface area contributed by atoms with Gasteiger partial charge in [0.25, 0.3) is 20.2 Å². The van der Waals surface area contributed by atoms with E-state index in [-0.39, 0.29) is 11.4 Å². The van der Waals surface area contributed by atoms with Gasteiger partial charge in [-0.05, 0) is 36.4 Å². The highest BCUT2D eigenvalue weighted by molar-refractivity contribution is 7.86. The Bertz CT molecular complexity index is 1170. The molecule has 0 heterocycles. The Hall–Kier alpha value is -3.53. The van der Waals surface area contributed by atoms with Gasteiger partial charge >= 0.3 is 18.0 Å². The fourth-order valence-corrected chi connectivity index (χ4v) is 3.69. The molecule has 6 N–H and O–H groups in total. The Balaban J connectivity index is 2.33. The van der Waals surface area contributed by atoms with E-state index in [1.54, 1.807) is 0 Å². The van der Waals surface area contributed by atoms with Crippen LogP contribution >= 0.6 is 0 Å². The van der Waals surface area contributed by atoms with Gasteiger partial charge in [0.15, 0.2) is 0 Å². The van der Waals surface area contributed by atoms with Crippen LogP contribution in [-0.2, 0) is 20.2 Å². The third-order valence-corrected chi connectivity index (χ3v) is 5.28. The van der Waals surface area contributed by atoms with Crippen LogP contribution in [0.4, 0.5) is 16.2 Å². The number of rotatable bonds is 6. The number of anilines is 2. The number of carboxylic acid groups (broad SMARTS) is 2. The predicted molar refractivity (Wildman–Crippen MR) is 99.1 cm³/mol. The van der Waals surface area contributed by atoms with Gasteiger partial charge in [-0.25, -0.2) is 14.4 Å². The molecule has 0 aliphatic heterocycles. The molecule has 2 aromatic carbocycles. The van der Waals surface area contributed by atoms with Gasteiger partial charge in [-0.3, -0.25) is 9.11 Å². The van der Waals surface area contributed by atoms with Crippen LogP contribution in [0, 0.1) is 0 Å². The number of benzene rings is 2. The number of urea groups is 1. The summed E-state index contributed by atoms with van der Waals surface area (Å²) in [6, 6.07) is 3.97. The number of aromatic carboxylic acids is 2. The summed E-state index contributed by atoms with van der Waals surface area (Å²) in [6.45, 7) is 0. The van der Waals surface area contributed by atoms with Crippen molar-refractivity contribution in [3.8, 4) is 0 Å². The lowest BCUT2D eigenvalue weighted by Gasteiger charge is -2.11. The summed E-state index contributed by atoms with van der Waals surface area (Å²) < 4.78 is 63.6. The second-order valence-corrected chi connectivity index (χ2v) is 8.34. The molecule has 0 bridgehead atoms. The minimum Gasteiger partial charge on any atom is -0.478 e. The molecule has 0 aliphatic rings. The second-order valence-electron chi connectivity index (χ2n) is 5.56. The average molecular weight is 460 g/mol. The van der Waals surface area contributed by atoms with E-state index in [1.165, 1.54) is 0 Å². The first kappa shape index (κ1) is 22.8. The molecule has 15 heteroatoms. The van der Waals surface area contributed by atoms with Gasteiger partial charge < -0.3 is 20.8 Å². The van der Waals surface area contributed by atoms with Gasteiger partial charge in [-0.1, -0.05) is 0 Å². The van der Waals surface area contributed by atoms with E-state index in [4.69, 9.17) is 19.3 Å². The summed E-state index contributed by atoms with van der Waals surface area (Å²) in [5.74, 6) is -3.29. The van der Waals surface area contributed by atoms with Gasteiger partial charge in [0, 0.05) is 11.4 Å². The number of hydrogen-bond donors (Lipinski definition) is 6. The van der Waals surface area contributed by atoms with Crippen molar-refractivity contribution in [2.24, 2.45) is 0 Å². The van der Waals surface area contributed by atoms with Gasteiger partial charge in [-0.2, -0.15) is 16.8 Å². The smallest absolute Gasteiger partial charge is 0.337 e. The highest BCUT2D eigenvalue weighted by Gasteiger charge is 2.23. The Morgan fingerprint density at radius 3 is 1.27 bits per heavy atom. The quantitative estimate of drug-likeness (QED) is 0.336. The Morgan fingerprint density at radius 2 is 1.00 bits per heavy atom. The maximum absolute atomic E-state index is 12.1. The molecule has 160 valence electrons. The first-order chi connectivity index (χ1) is 13.7. The lowest BCUT2D eigenvalue weighted by atomic mass is 10.2. The summed E-state index contributed by atoms with van der Waals surface area (Å²) in [7, 11) is -9.87. The zero-order valence-corrected chi connectivity index (χ0v) is 16.1. The largest absolute Gasteiger partial charge is 0.478 e. The normalized spacial score (nSPS) is 11.5. The highest BCUT2D eigenvalue weighted by atomic mass is 32.2. The third kappa shape index (κ3) is 5.29. The molecular weight excluding hydrogens is 448 g/mol. The highest BCUT2D eigenvalue weighted by Crippen LogP contribution is 2.23. The number of hydrogen-bond acceptors (Lipinski definition) is 7. The number of nitrogens with one attached hydrogen (secondary N) is 2. The van der Waals surface area contributed by atoms with Crippen molar-refractivity contribution in [2.75, 3.05) is 10.6 Å². The first-order valence-corrected chi connectivity index (χ1v) is 10.4. The van der Waals surface area contributed by atoms with Crippen molar-refractivity contribution >= 4 is 49.6 Å². The molecule has 0 radical (unpaired) electrons. The van der Waals surface area contributed by atoms with Crippen LogP contribution in [0.25, 0.3) is 0 Å². The summed E-state index contributed by atoms with van der Waals surface area (Å²) in [6.07, 6.45) is 0. The van der Waals surface area contributed by atoms with E-state index < -0.39 is 59.1 Å². The van der Waals surface area contributed by atoms with Gasteiger partial charge in [0.05, 0.1) is 11.1 Å². The van der Waals surface area contributed by atoms with E-state index in [9.17, 15) is 31.2 Å². The van der Waals surface area contributed by atoms with E-state index in [0.29, 0.717) is 12.1 Å². The number of carbonyl (C=O) groups excluding carboxylic acids is 1. The lowest BCUT2D eigenvalue weighted by Crippen LogP contribution is -2.20.